The molecule has 0 saturated heterocycles. The summed E-state index contributed by atoms with van der Waals surface area (Å²) in [6, 6.07) is 5.11. The van der Waals surface area contributed by atoms with Crippen molar-refractivity contribution in [3.05, 3.63) is 47.3 Å². The van der Waals surface area contributed by atoms with Gasteiger partial charge in [-0.3, -0.25) is 9.78 Å². The first-order valence-corrected chi connectivity index (χ1v) is 8.40. The first-order chi connectivity index (χ1) is 13.5. The molecule has 11 heteroatoms. The molecule has 0 bridgehead atoms. The maximum absolute atomic E-state index is 12.6. The predicted molar refractivity (Wildman–Crippen MR) is 92.1 cm³/mol. The summed E-state index contributed by atoms with van der Waals surface area (Å²) in [6.07, 6.45) is -5.91. The number of carbonyl (C=O) groups is 1. The maximum atomic E-state index is 12.6. The molecule has 158 valence electrons. The number of aryl methyl sites for hydroxylation is 1. The average Bonchev–Trinajstić information content (AvgIpc) is 2.64. The van der Waals surface area contributed by atoms with Crippen LogP contribution in [0.4, 0.5) is 22.0 Å². The number of rotatable bonds is 8. The minimum Gasteiger partial charge on any atom is -0.471 e. The van der Waals surface area contributed by atoms with Crippen LogP contribution >= 0.6 is 0 Å². The van der Waals surface area contributed by atoms with Crippen molar-refractivity contribution in [2.24, 2.45) is 0 Å². The van der Waals surface area contributed by atoms with Gasteiger partial charge in [0.15, 0.2) is 13.2 Å². The second-order valence-electron chi connectivity index (χ2n) is 6.03. The van der Waals surface area contributed by atoms with E-state index in [2.05, 4.69) is 20.0 Å². The normalized spacial score (nSPS) is 12.6. The molecule has 0 saturated carbocycles. The van der Waals surface area contributed by atoms with Gasteiger partial charge in [0.1, 0.15) is 5.56 Å². The number of alkyl halides is 5. The minimum absolute atomic E-state index is 0.220. The molecule has 2 heterocycles. The lowest BCUT2D eigenvalue weighted by Crippen LogP contribution is -2.28. The predicted octanol–water partition coefficient (Wildman–Crippen LogP) is 3.86. The van der Waals surface area contributed by atoms with E-state index in [4.69, 9.17) is 4.74 Å². The Bertz CT molecular complexity index is 846. The van der Waals surface area contributed by atoms with Gasteiger partial charge >= 0.3 is 6.18 Å². The number of carbonyl (C=O) groups excluding carboxylic acids is 1. The van der Waals surface area contributed by atoms with E-state index in [0.29, 0.717) is 0 Å². The van der Waals surface area contributed by atoms with Gasteiger partial charge in [-0.05, 0) is 37.6 Å². The molecule has 1 unspecified atom stereocenters. The number of ether oxygens (including phenoxy) is 2. The average molecular weight is 419 g/mol. The highest BCUT2D eigenvalue weighted by Crippen LogP contribution is 2.24. The molecule has 0 aliphatic carbocycles. The molecule has 2 rings (SSSR count). The van der Waals surface area contributed by atoms with Crippen LogP contribution in [0.1, 0.15) is 34.6 Å². The van der Waals surface area contributed by atoms with Crippen LogP contribution in [0.3, 0.4) is 0 Å². The Hall–Kier alpha value is -2.98. The van der Waals surface area contributed by atoms with Crippen molar-refractivity contribution in [3.8, 4) is 11.8 Å². The lowest BCUT2D eigenvalue weighted by atomic mass is 10.1. The molecule has 0 aliphatic heterocycles. The Morgan fingerprint density at radius 3 is 2.55 bits per heavy atom. The first-order valence-electron chi connectivity index (χ1n) is 8.40. The summed E-state index contributed by atoms with van der Waals surface area (Å²) >= 11 is 0. The van der Waals surface area contributed by atoms with Gasteiger partial charge in [0.2, 0.25) is 11.8 Å². The van der Waals surface area contributed by atoms with Crippen LogP contribution in [-0.2, 0) is 0 Å². The molecule has 0 aliphatic rings. The number of nitrogens with zero attached hydrogens (tertiary/aromatic N) is 2. The number of hydrogen-bond donors (Lipinski definition) is 1. The Morgan fingerprint density at radius 1 is 1.21 bits per heavy atom. The third-order valence-electron chi connectivity index (χ3n) is 3.58. The fraction of sp³-hybridized carbons (Fsp3) is 0.389. The summed E-state index contributed by atoms with van der Waals surface area (Å²) in [4.78, 5) is 20.2. The summed E-state index contributed by atoms with van der Waals surface area (Å²) < 4.78 is 71.1. The zero-order chi connectivity index (χ0) is 21.6. The van der Waals surface area contributed by atoms with E-state index >= 15 is 0 Å². The van der Waals surface area contributed by atoms with Gasteiger partial charge in [0.05, 0.1) is 6.04 Å². The summed E-state index contributed by atoms with van der Waals surface area (Å²) in [7, 11) is 0. The minimum atomic E-state index is -4.61. The molecular formula is C18H18F5N3O3. The van der Waals surface area contributed by atoms with Gasteiger partial charge in [-0.15, -0.1) is 0 Å². The van der Waals surface area contributed by atoms with Crippen molar-refractivity contribution in [2.75, 3.05) is 13.2 Å². The van der Waals surface area contributed by atoms with Crippen molar-refractivity contribution in [1.29, 1.82) is 0 Å². The fourth-order valence-electron chi connectivity index (χ4n) is 2.28. The Kier molecular flexibility index (Phi) is 7.29. The molecule has 29 heavy (non-hydrogen) atoms. The molecule has 6 nitrogen and oxygen atoms in total. The van der Waals surface area contributed by atoms with Crippen molar-refractivity contribution in [1.82, 2.24) is 15.3 Å². The molecule has 0 radical (unpaired) electrons. The topological polar surface area (TPSA) is 73.3 Å². The van der Waals surface area contributed by atoms with Crippen LogP contribution < -0.4 is 14.8 Å². The van der Waals surface area contributed by atoms with Crippen molar-refractivity contribution >= 4 is 5.91 Å². The number of nitrogens with one attached hydrogen (secondary N) is 1. The molecule has 0 spiro atoms. The highest BCUT2D eigenvalue weighted by Gasteiger charge is 2.29. The van der Waals surface area contributed by atoms with Crippen LogP contribution in [0.15, 0.2) is 30.5 Å². The number of halogens is 5. The van der Waals surface area contributed by atoms with E-state index < -0.39 is 49.5 Å². The highest BCUT2D eigenvalue weighted by atomic mass is 19.4. The molecule has 2 aromatic heterocycles. The van der Waals surface area contributed by atoms with Gasteiger partial charge < -0.3 is 14.8 Å². The van der Waals surface area contributed by atoms with Gasteiger partial charge in [0.25, 0.3) is 12.3 Å². The third-order valence-corrected chi connectivity index (χ3v) is 3.58. The van der Waals surface area contributed by atoms with Crippen molar-refractivity contribution < 1.29 is 36.2 Å². The van der Waals surface area contributed by atoms with Gasteiger partial charge in [-0.2, -0.15) is 18.2 Å². The van der Waals surface area contributed by atoms with Crippen LogP contribution in [-0.4, -0.2) is 41.7 Å². The molecule has 0 aromatic carbocycles. The molecule has 1 amide bonds. The zero-order valence-electron chi connectivity index (χ0n) is 15.5. The Morgan fingerprint density at radius 2 is 1.93 bits per heavy atom. The van der Waals surface area contributed by atoms with E-state index in [9.17, 15) is 26.7 Å². The Balaban J connectivity index is 2.20. The largest absolute Gasteiger partial charge is 0.471 e. The Labute approximate surface area is 163 Å². The lowest BCUT2D eigenvalue weighted by molar-refractivity contribution is -0.154. The zero-order valence-corrected chi connectivity index (χ0v) is 15.5. The van der Waals surface area contributed by atoms with Crippen molar-refractivity contribution in [2.45, 2.75) is 32.5 Å². The number of pyridine rings is 2. The summed E-state index contributed by atoms with van der Waals surface area (Å²) in [5.74, 6) is -1.77. The second-order valence-corrected chi connectivity index (χ2v) is 6.03. The van der Waals surface area contributed by atoms with E-state index in [1.54, 1.807) is 32.2 Å². The lowest BCUT2D eigenvalue weighted by Gasteiger charge is -2.17. The standard InChI is InChI=1S/C18H18F5N3O3/c1-10-7-12(5-6-24-10)11(2)25-16(27)13-3-4-15(29-9-18(21,22)23)26-17(13)28-8-14(19)20/h3-7,11,14H,8-9H2,1-2H3,(H,25,27). The number of aromatic nitrogens is 2. The number of amides is 1. The molecule has 1 atom stereocenters. The third kappa shape index (κ3) is 7.16. The maximum Gasteiger partial charge on any atom is 0.422 e. The molecular weight excluding hydrogens is 401 g/mol. The number of hydrogen-bond acceptors (Lipinski definition) is 5. The van der Waals surface area contributed by atoms with Crippen LogP contribution in [0, 0.1) is 6.92 Å². The fourth-order valence-corrected chi connectivity index (χ4v) is 2.28. The van der Waals surface area contributed by atoms with Crippen LogP contribution in [0.25, 0.3) is 0 Å². The van der Waals surface area contributed by atoms with E-state index in [1.165, 1.54) is 0 Å². The molecule has 0 fully saturated rings. The SMILES string of the molecule is Cc1cc(C(C)NC(=O)c2ccc(OCC(F)(F)F)nc2OCC(F)F)ccn1. The summed E-state index contributed by atoms with van der Waals surface area (Å²) in [6.45, 7) is 0.756. The quantitative estimate of drug-likeness (QED) is 0.658. The van der Waals surface area contributed by atoms with E-state index in [0.717, 1.165) is 23.4 Å². The van der Waals surface area contributed by atoms with Crippen LogP contribution in [0.2, 0.25) is 0 Å². The smallest absolute Gasteiger partial charge is 0.422 e. The molecule has 2 aromatic rings. The monoisotopic (exact) mass is 419 g/mol. The molecule has 1 N–H and O–H groups in total. The van der Waals surface area contributed by atoms with Gasteiger partial charge in [-0.1, -0.05) is 0 Å². The van der Waals surface area contributed by atoms with E-state index in [1.807, 2.05) is 0 Å². The summed E-state index contributed by atoms with van der Waals surface area (Å²) in [5.41, 5.74) is 1.26. The van der Waals surface area contributed by atoms with E-state index in [-0.39, 0.29) is 5.56 Å². The van der Waals surface area contributed by atoms with Gasteiger partial charge in [-0.25, -0.2) is 8.78 Å². The van der Waals surface area contributed by atoms with Gasteiger partial charge in [0, 0.05) is 18.0 Å². The highest BCUT2D eigenvalue weighted by molar-refractivity contribution is 5.96. The first kappa shape index (κ1) is 22.3. The summed E-state index contributed by atoms with van der Waals surface area (Å²) in [5, 5.41) is 2.65. The van der Waals surface area contributed by atoms with Crippen molar-refractivity contribution in [3.63, 3.8) is 0 Å². The van der Waals surface area contributed by atoms with Crippen LogP contribution in [0.5, 0.6) is 11.8 Å². The second kappa shape index (κ2) is 9.48.